The topological polar surface area (TPSA) is 38.0 Å². The van der Waals surface area contributed by atoms with Gasteiger partial charge >= 0.3 is 0 Å². The Morgan fingerprint density at radius 2 is 2.40 bits per heavy atom. The Balaban J connectivity index is 3.19. The summed E-state index contributed by atoms with van der Waals surface area (Å²) < 4.78 is 0. The number of rotatable bonds is 5. The average Bonchev–Trinajstić information content (AvgIpc) is 1.99. The highest BCUT2D eigenvalue weighted by molar-refractivity contribution is 4.83. The Morgan fingerprint density at radius 3 is 2.80 bits per heavy atom. The number of nitrogens with one attached hydrogen (secondary N) is 1. The first-order valence-electron chi connectivity index (χ1n) is 3.74. The molecule has 1 atom stereocenters. The molecule has 2 nitrogen and oxygen atoms in total. The van der Waals surface area contributed by atoms with Crippen molar-refractivity contribution in [1.29, 1.82) is 0 Å². The molecule has 0 rings (SSSR count). The van der Waals surface area contributed by atoms with E-state index in [9.17, 15) is 0 Å². The van der Waals surface area contributed by atoms with Gasteiger partial charge in [-0.15, -0.1) is 12.3 Å². The van der Waals surface area contributed by atoms with Crippen LogP contribution in [-0.2, 0) is 0 Å². The first-order valence-corrected chi connectivity index (χ1v) is 3.74. The Bertz CT molecular complexity index is 100. The lowest BCUT2D eigenvalue weighted by atomic mass is 10.1. The van der Waals surface area contributed by atoms with Gasteiger partial charge in [0.05, 0.1) is 0 Å². The Labute approximate surface area is 63.2 Å². The van der Waals surface area contributed by atoms with E-state index in [0.717, 1.165) is 25.7 Å². The van der Waals surface area contributed by atoms with Gasteiger partial charge < -0.3 is 0 Å². The molecule has 0 saturated heterocycles. The quantitative estimate of drug-likeness (QED) is 0.259. The van der Waals surface area contributed by atoms with Crippen LogP contribution in [0.4, 0.5) is 0 Å². The van der Waals surface area contributed by atoms with Crippen LogP contribution >= 0.6 is 0 Å². The normalized spacial score (nSPS) is 12.5. The van der Waals surface area contributed by atoms with Gasteiger partial charge in [-0.05, 0) is 19.3 Å². The molecule has 3 N–H and O–H groups in total. The molecular formula is C8H16N2. The van der Waals surface area contributed by atoms with Crippen LogP contribution in [0.3, 0.4) is 0 Å². The average molecular weight is 140 g/mol. The molecule has 0 saturated carbocycles. The maximum absolute atomic E-state index is 5.26. The fourth-order valence-corrected chi connectivity index (χ4v) is 0.856. The van der Waals surface area contributed by atoms with Crippen LogP contribution in [0.1, 0.15) is 32.6 Å². The maximum Gasteiger partial charge on any atom is 0.0208 e. The Kier molecular flexibility index (Phi) is 6.25. The second-order valence-corrected chi connectivity index (χ2v) is 2.37. The molecule has 0 fully saturated rings. The van der Waals surface area contributed by atoms with E-state index < -0.39 is 0 Å². The highest BCUT2D eigenvalue weighted by atomic mass is 15.2. The van der Waals surface area contributed by atoms with Crippen molar-refractivity contribution in [2.24, 2.45) is 5.84 Å². The van der Waals surface area contributed by atoms with E-state index in [1.54, 1.807) is 0 Å². The van der Waals surface area contributed by atoms with E-state index in [0.29, 0.717) is 6.04 Å². The van der Waals surface area contributed by atoms with Gasteiger partial charge in [-0.1, -0.05) is 6.92 Å². The Hall–Kier alpha value is -0.520. The zero-order chi connectivity index (χ0) is 7.82. The molecule has 0 aromatic carbocycles. The summed E-state index contributed by atoms with van der Waals surface area (Å²) in [6.07, 6.45) is 9.18. The van der Waals surface area contributed by atoms with Gasteiger partial charge in [-0.25, -0.2) is 0 Å². The van der Waals surface area contributed by atoms with Crippen molar-refractivity contribution in [1.82, 2.24) is 5.43 Å². The molecule has 2 heteroatoms. The van der Waals surface area contributed by atoms with Crippen LogP contribution in [0.15, 0.2) is 0 Å². The fourth-order valence-electron chi connectivity index (χ4n) is 0.856. The standard InChI is InChI=1S/C8H16N2/c1-3-5-6-7-8(4-2)10-9/h1,8,10H,4-7,9H2,2H3. The maximum atomic E-state index is 5.26. The molecule has 0 aliphatic rings. The summed E-state index contributed by atoms with van der Waals surface area (Å²) in [7, 11) is 0. The molecule has 0 heterocycles. The minimum absolute atomic E-state index is 0.438. The fraction of sp³-hybridized carbons (Fsp3) is 0.750. The molecular weight excluding hydrogens is 124 g/mol. The largest absolute Gasteiger partial charge is 0.271 e. The van der Waals surface area contributed by atoms with E-state index >= 15 is 0 Å². The third-order valence-electron chi connectivity index (χ3n) is 1.60. The minimum atomic E-state index is 0.438. The summed E-state index contributed by atoms with van der Waals surface area (Å²) in [5.74, 6) is 7.87. The summed E-state index contributed by atoms with van der Waals surface area (Å²) in [6, 6.07) is 0.438. The number of unbranched alkanes of at least 4 members (excludes halogenated alkanes) is 1. The van der Waals surface area contributed by atoms with Gasteiger partial charge in [0.2, 0.25) is 0 Å². The molecule has 0 bridgehead atoms. The number of hydrogen-bond donors (Lipinski definition) is 2. The molecule has 0 spiro atoms. The zero-order valence-electron chi connectivity index (χ0n) is 6.56. The van der Waals surface area contributed by atoms with Crippen molar-refractivity contribution in [3.05, 3.63) is 0 Å². The molecule has 10 heavy (non-hydrogen) atoms. The van der Waals surface area contributed by atoms with Crippen molar-refractivity contribution < 1.29 is 0 Å². The highest BCUT2D eigenvalue weighted by Gasteiger charge is 2.00. The third kappa shape index (κ3) is 4.37. The smallest absolute Gasteiger partial charge is 0.0208 e. The lowest BCUT2D eigenvalue weighted by Crippen LogP contribution is -2.34. The monoisotopic (exact) mass is 140 g/mol. The summed E-state index contributed by atoms with van der Waals surface area (Å²) in [6.45, 7) is 2.11. The molecule has 0 aliphatic heterocycles. The molecule has 0 aromatic rings. The second-order valence-electron chi connectivity index (χ2n) is 2.37. The SMILES string of the molecule is C#CCCCC(CC)NN. The summed E-state index contributed by atoms with van der Waals surface area (Å²) in [4.78, 5) is 0. The van der Waals surface area contributed by atoms with Gasteiger partial charge in [0, 0.05) is 12.5 Å². The number of terminal acetylenes is 1. The molecule has 0 radical (unpaired) electrons. The lowest BCUT2D eigenvalue weighted by molar-refractivity contribution is 0.470. The zero-order valence-corrected chi connectivity index (χ0v) is 6.56. The highest BCUT2D eigenvalue weighted by Crippen LogP contribution is 2.01. The van der Waals surface area contributed by atoms with Crippen LogP contribution in [0.5, 0.6) is 0 Å². The first kappa shape index (κ1) is 9.48. The predicted molar refractivity (Wildman–Crippen MR) is 44.1 cm³/mol. The molecule has 58 valence electrons. The third-order valence-corrected chi connectivity index (χ3v) is 1.60. The van der Waals surface area contributed by atoms with E-state index in [1.165, 1.54) is 0 Å². The molecule has 0 aromatic heterocycles. The van der Waals surface area contributed by atoms with Crippen molar-refractivity contribution in [3.8, 4) is 12.3 Å². The van der Waals surface area contributed by atoms with Gasteiger partial charge in [0.15, 0.2) is 0 Å². The van der Waals surface area contributed by atoms with Crippen LogP contribution in [0.2, 0.25) is 0 Å². The van der Waals surface area contributed by atoms with Gasteiger partial charge in [0.1, 0.15) is 0 Å². The van der Waals surface area contributed by atoms with Crippen LogP contribution in [-0.4, -0.2) is 6.04 Å². The lowest BCUT2D eigenvalue weighted by Gasteiger charge is -2.11. The van der Waals surface area contributed by atoms with Crippen molar-refractivity contribution >= 4 is 0 Å². The van der Waals surface area contributed by atoms with E-state index in [1.807, 2.05) is 0 Å². The summed E-state index contributed by atoms with van der Waals surface area (Å²) >= 11 is 0. The second kappa shape index (κ2) is 6.60. The molecule has 0 aliphatic carbocycles. The van der Waals surface area contributed by atoms with Gasteiger partial charge in [-0.3, -0.25) is 11.3 Å². The first-order chi connectivity index (χ1) is 4.85. The van der Waals surface area contributed by atoms with E-state index in [4.69, 9.17) is 12.3 Å². The van der Waals surface area contributed by atoms with Crippen LogP contribution in [0.25, 0.3) is 0 Å². The molecule has 1 unspecified atom stereocenters. The van der Waals surface area contributed by atoms with Gasteiger partial charge in [-0.2, -0.15) is 0 Å². The van der Waals surface area contributed by atoms with Crippen LogP contribution < -0.4 is 11.3 Å². The van der Waals surface area contributed by atoms with E-state index in [-0.39, 0.29) is 0 Å². The number of hydrogen-bond acceptors (Lipinski definition) is 2. The van der Waals surface area contributed by atoms with E-state index in [2.05, 4.69) is 18.3 Å². The van der Waals surface area contributed by atoms with Crippen molar-refractivity contribution in [2.45, 2.75) is 38.6 Å². The van der Waals surface area contributed by atoms with Crippen molar-refractivity contribution in [2.75, 3.05) is 0 Å². The minimum Gasteiger partial charge on any atom is -0.271 e. The Morgan fingerprint density at radius 1 is 1.70 bits per heavy atom. The molecule has 0 amide bonds. The van der Waals surface area contributed by atoms with Crippen molar-refractivity contribution in [3.63, 3.8) is 0 Å². The number of hydrazine groups is 1. The summed E-state index contributed by atoms with van der Waals surface area (Å²) in [5, 5.41) is 0. The van der Waals surface area contributed by atoms with Crippen LogP contribution in [0, 0.1) is 12.3 Å². The summed E-state index contributed by atoms with van der Waals surface area (Å²) in [5.41, 5.74) is 2.74. The predicted octanol–water partition coefficient (Wildman–Crippen LogP) is 1.03. The number of nitrogens with two attached hydrogens (primary N) is 1. The van der Waals surface area contributed by atoms with Gasteiger partial charge in [0.25, 0.3) is 0 Å².